The third-order valence-corrected chi connectivity index (χ3v) is 2.37. The van der Waals surface area contributed by atoms with Gasteiger partial charge in [-0.3, -0.25) is 9.59 Å². The molecule has 94 valence electrons. The van der Waals surface area contributed by atoms with Crippen molar-refractivity contribution in [1.82, 2.24) is 10.6 Å². The molecule has 1 aromatic carbocycles. The molecular weight excluding hydrogens is 230 g/mol. The lowest BCUT2D eigenvalue weighted by Crippen LogP contribution is -2.44. The molecule has 0 unspecified atom stereocenters. The second-order valence-corrected chi connectivity index (χ2v) is 3.78. The number of nitrogens with one attached hydrogen (secondary N) is 2. The molecule has 5 nitrogen and oxygen atoms in total. The Kier molecular flexibility index (Phi) is 4.88. The van der Waals surface area contributed by atoms with Crippen LogP contribution in [0.2, 0.25) is 0 Å². The quantitative estimate of drug-likeness (QED) is 0.823. The van der Waals surface area contributed by atoms with Crippen molar-refractivity contribution in [2.75, 3.05) is 6.54 Å². The first kappa shape index (κ1) is 13.7. The average Bonchev–Trinajstić information content (AvgIpc) is 2.39. The van der Waals surface area contributed by atoms with Crippen LogP contribution in [0.3, 0.4) is 0 Å². The van der Waals surface area contributed by atoms with E-state index in [1.165, 1.54) is 0 Å². The summed E-state index contributed by atoms with van der Waals surface area (Å²) in [4.78, 5) is 23.2. The van der Waals surface area contributed by atoms with Gasteiger partial charge in [0.1, 0.15) is 6.04 Å². The lowest BCUT2D eigenvalue weighted by Gasteiger charge is -2.13. The molecule has 0 aliphatic rings. The Hall–Kier alpha value is -2.35. The van der Waals surface area contributed by atoms with E-state index in [1.54, 1.807) is 31.2 Å². The molecule has 0 saturated carbocycles. The molecule has 0 spiro atoms. The summed E-state index contributed by atoms with van der Waals surface area (Å²) in [6.45, 7) is 3.95. The van der Waals surface area contributed by atoms with Gasteiger partial charge in [-0.1, -0.05) is 0 Å². The summed E-state index contributed by atoms with van der Waals surface area (Å²) in [5, 5.41) is 13.8. The van der Waals surface area contributed by atoms with Crippen LogP contribution in [-0.2, 0) is 4.79 Å². The number of carbonyl (C=O) groups excluding carboxylic acids is 2. The highest BCUT2D eigenvalue weighted by Crippen LogP contribution is 2.03. The molecule has 0 aromatic heterocycles. The largest absolute Gasteiger partial charge is 0.355 e. The molecule has 2 amide bonds. The maximum atomic E-state index is 11.8. The fraction of sp³-hybridized carbons (Fsp3) is 0.308. The minimum absolute atomic E-state index is 0.223. The van der Waals surface area contributed by atoms with Gasteiger partial charge in [-0.05, 0) is 38.1 Å². The summed E-state index contributed by atoms with van der Waals surface area (Å²) in [5.41, 5.74) is 0.911. The SMILES string of the molecule is CCNC(=O)[C@@H](C)NC(=O)c1ccc(C#N)cc1. The predicted molar refractivity (Wildman–Crippen MR) is 66.8 cm³/mol. The highest BCUT2D eigenvalue weighted by Gasteiger charge is 2.15. The van der Waals surface area contributed by atoms with Crippen molar-refractivity contribution in [1.29, 1.82) is 5.26 Å². The molecule has 0 bridgehead atoms. The van der Waals surface area contributed by atoms with Gasteiger partial charge in [-0.15, -0.1) is 0 Å². The van der Waals surface area contributed by atoms with Gasteiger partial charge in [0, 0.05) is 12.1 Å². The number of benzene rings is 1. The topological polar surface area (TPSA) is 82.0 Å². The summed E-state index contributed by atoms with van der Waals surface area (Å²) in [7, 11) is 0. The Morgan fingerprint density at radius 1 is 1.33 bits per heavy atom. The van der Waals surface area contributed by atoms with Crippen molar-refractivity contribution >= 4 is 11.8 Å². The van der Waals surface area contributed by atoms with E-state index in [1.807, 2.05) is 13.0 Å². The summed E-state index contributed by atoms with van der Waals surface area (Å²) in [5.74, 6) is -0.558. The van der Waals surface area contributed by atoms with Crippen LogP contribution in [0.25, 0.3) is 0 Å². The van der Waals surface area contributed by atoms with Crippen molar-refractivity contribution < 1.29 is 9.59 Å². The molecule has 1 atom stereocenters. The van der Waals surface area contributed by atoms with Gasteiger partial charge in [0.25, 0.3) is 5.91 Å². The third-order valence-electron chi connectivity index (χ3n) is 2.37. The smallest absolute Gasteiger partial charge is 0.251 e. The molecular formula is C13H15N3O2. The second-order valence-electron chi connectivity index (χ2n) is 3.78. The zero-order chi connectivity index (χ0) is 13.5. The third kappa shape index (κ3) is 3.59. The van der Waals surface area contributed by atoms with Crippen LogP contribution in [0.5, 0.6) is 0 Å². The Labute approximate surface area is 106 Å². The van der Waals surface area contributed by atoms with E-state index in [0.29, 0.717) is 17.7 Å². The van der Waals surface area contributed by atoms with E-state index >= 15 is 0 Å². The van der Waals surface area contributed by atoms with E-state index in [2.05, 4.69) is 10.6 Å². The standard InChI is InChI=1S/C13H15N3O2/c1-3-15-12(17)9(2)16-13(18)11-6-4-10(8-14)5-7-11/h4-7,9H,3H2,1-2H3,(H,15,17)(H,16,18)/t9-/m1/s1. The second kappa shape index (κ2) is 6.40. The fourth-order valence-electron chi connectivity index (χ4n) is 1.37. The minimum Gasteiger partial charge on any atom is -0.355 e. The molecule has 0 aliphatic heterocycles. The summed E-state index contributed by atoms with van der Waals surface area (Å²) < 4.78 is 0. The van der Waals surface area contributed by atoms with Crippen LogP contribution < -0.4 is 10.6 Å². The summed E-state index contributed by atoms with van der Waals surface area (Å²) in [6, 6.07) is 7.61. The number of hydrogen-bond donors (Lipinski definition) is 2. The Morgan fingerprint density at radius 3 is 2.44 bits per heavy atom. The predicted octanol–water partition coefficient (Wildman–Crippen LogP) is 0.813. The van der Waals surface area contributed by atoms with Crippen LogP contribution in [-0.4, -0.2) is 24.4 Å². The van der Waals surface area contributed by atoms with Crippen molar-refractivity contribution in [3.8, 4) is 6.07 Å². The van der Waals surface area contributed by atoms with Crippen LogP contribution in [0.4, 0.5) is 0 Å². The minimum atomic E-state index is -0.590. The molecule has 1 rings (SSSR count). The maximum Gasteiger partial charge on any atom is 0.251 e. The van der Waals surface area contributed by atoms with E-state index in [4.69, 9.17) is 5.26 Å². The van der Waals surface area contributed by atoms with E-state index in [-0.39, 0.29) is 11.8 Å². The van der Waals surface area contributed by atoms with Gasteiger partial charge in [-0.25, -0.2) is 0 Å². The molecule has 18 heavy (non-hydrogen) atoms. The zero-order valence-electron chi connectivity index (χ0n) is 10.4. The van der Waals surface area contributed by atoms with E-state index < -0.39 is 6.04 Å². The first-order chi connectivity index (χ1) is 8.58. The molecule has 0 radical (unpaired) electrons. The maximum absolute atomic E-state index is 11.8. The molecule has 1 aromatic rings. The van der Waals surface area contributed by atoms with Crippen LogP contribution in [0.15, 0.2) is 24.3 Å². The average molecular weight is 245 g/mol. The lowest BCUT2D eigenvalue weighted by molar-refractivity contribution is -0.122. The Morgan fingerprint density at radius 2 is 1.94 bits per heavy atom. The van der Waals surface area contributed by atoms with Crippen molar-refractivity contribution in [3.05, 3.63) is 35.4 Å². The fourth-order valence-corrected chi connectivity index (χ4v) is 1.37. The number of amides is 2. The van der Waals surface area contributed by atoms with Crippen molar-refractivity contribution in [2.24, 2.45) is 0 Å². The molecule has 0 aliphatic carbocycles. The summed E-state index contributed by atoms with van der Waals surface area (Å²) >= 11 is 0. The number of rotatable bonds is 4. The van der Waals surface area contributed by atoms with Gasteiger partial charge in [-0.2, -0.15) is 5.26 Å². The lowest BCUT2D eigenvalue weighted by atomic mass is 10.1. The highest BCUT2D eigenvalue weighted by atomic mass is 16.2. The summed E-state index contributed by atoms with van der Waals surface area (Å²) in [6.07, 6.45) is 0. The molecule has 0 heterocycles. The van der Waals surface area contributed by atoms with Gasteiger partial charge >= 0.3 is 0 Å². The molecule has 2 N–H and O–H groups in total. The first-order valence-electron chi connectivity index (χ1n) is 5.67. The number of hydrogen-bond acceptors (Lipinski definition) is 3. The number of likely N-dealkylation sites (N-methyl/N-ethyl adjacent to an activating group) is 1. The van der Waals surface area contributed by atoms with E-state index in [0.717, 1.165) is 0 Å². The number of nitriles is 1. The first-order valence-corrected chi connectivity index (χ1v) is 5.67. The molecule has 5 heteroatoms. The molecule has 0 fully saturated rings. The van der Waals surface area contributed by atoms with Gasteiger partial charge in [0.05, 0.1) is 11.6 Å². The number of carbonyl (C=O) groups is 2. The van der Waals surface area contributed by atoms with Crippen molar-refractivity contribution in [3.63, 3.8) is 0 Å². The van der Waals surface area contributed by atoms with Gasteiger partial charge in [0.2, 0.25) is 5.91 Å². The van der Waals surface area contributed by atoms with E-state index in [9.17, 15) is 9.59 Å². The zero-order valence-corrected chi connectivity index (χ0v) is 10.4. The monoisotopic (exact) mass is 245 g/mol. The van der Waals surface area contributed by atoms with Gasteiger partial charge < -0.3 is 10.6 Å². The number of nitrogens with zero attached hydrogens (tertiary/aromatic N) is 1. The highest BCUT2D eigenvalue weighted by molar-refractivity contribution is 5.97. The molecule has 0 saturated heterocycles. The van der Waals surface area contributed by atoms with Gasteiger partial charge in [0.15, 0.2) is 0 Å². The Balaban J connectivity index is 2.65. The van der Waals surface area contributed by atoms with Crippen LogP contribution in [0.1, 0.15) is 29.8 Å². The van der Waals surface area contributed by atoms with Crippen LogP contribution >= 0.6 is 0 Å². The van der Waals surface area contributed by atoms with Crippen LogP contribution in [0, 0.1) is 11.3 Å². The Bertz CT molecular complexity index is 474. The van der Waals surface area contributed by atoms with Crippen molar-refractivity contribution in [2.45, 2.75) is 19.9 Å². The normalized spacial score (nSPS) is 11.2.